The third kappa shape index (κ3) is 2.39. The second kappa shape index (κ2) is 4.45. The molecular weight excluding hydrogens is 230 g/mol. The van der Waals surface area contributed by atoms with Crippen molar-refractivity contribution in [1.29, 1.82) is 0 Å². The van der Waals surface area contributed by atoms with Gasteiger partial charge in [-0.2, -0.15) is 0 Å². The summed E-state index contributed by atoms with van der Waals surface area (Å²) in [5.41, 5.74) is 1.44. The number of fused-ring (bicyclic) bond motifs is 1. The topological polar surface area (TPSA) is 29.1 Å². The van der Waals surface area contributed by atoms with Gasteiger partial charge in [-0.25, -0.2) is 0 Å². The number of hydrogen-bond donors (Lipinski definition) is 1. The Bertz CT molecular complexity index is 433. The van der Waals surface area contributed by atoms with Gasteiger partial charge in [0.2, 0.25) is 0 Å². The molecule has 1 heterocycles. The molecule has 92 valence electrons. The van der Waals surface area contributed by atoms with E-state index in [2.05, 4.69) is 18.3 Å². The molecule has 17 heavy (non-hydrogen) atoms. The van der Waals surface area contributed by atoms with Crippen molar-refractivity contribution in [2.24, 2.45) is 5.92 Å². The number of carbonyl (C=O) groups is 1. The van der Waals surface area contributed by atoms with E-state index in [9.17, 15) is 4.79 Å². The molecule has 0 bridgehead atoms. The Morgan fingerprint density at radius 1 is 1.47 bits per heavy atom. The highest BCUT2D eigenvalue weighted by atomic mass is 32.1. The zero-order chi connectivity index (χ0) is 11.8. The van der Waals surface area contributed by atoms with Crippen LogP contribution < -0.4 is 5.32 Å². The molecule has 1 fully saturated rings. The molecule has 0 unspecified atom stereocenters. The Labute approximate surface area is 106 Å². The molecule has 2 aliphatic carbocycles. The van der Waals surface area contributed by atoms with Gasteiger partial charge in [0.25, 0.3) is 5.91 Å². The van der Waals surface area contributed by atoms with E-state index in [-0.39, 0.29) is 5.91 Å². The first-order valence-corrected chi connectivity index (χ1v) is 7.50. The van der Waals surface area contributed by atoms with E-state index < -0.39 is 0 Å². The Morgan fingerprint density at radius 3 is 3.00 bits per heavy atom. The zero-order valence-corrected chi connectivity index (χ0v) is 11.1. The van der Waals surface area contributed by atoms with Crippen LogP contribution in [0.5, 0.6) is 0 Å². The first-order chi connectivity index (χ1) is 8.26. The van der Waals surface area contributed by atoms with Gasteiger partial charge in [-0.15, -0.1) is 11.3 Å². The van der Waals surface area contributed by atoms with Gasteiger partial charge < -0.3 is 5.32 Å². The molecule has 1 atom stereocenters. The van der Waals surface area contributed by atoms with Gasteiger partial charge >= 0.3 is 0 Å². The highest BCUT2D eigenvalue weighted by Gasteiger charge is 2.26. The second-order valence-electron chi connectivity index (χ2n) is 5.32. The maximum absolute atomic E-state index is 12.0. The van der Waals surface area contributed by atoms with Crippen molar-refractivity contribution in [3.8, 4) is 0 Å². The molecule has 1 aromatic rings. The maximum atomic E-state index is 12.0. The molecule has 3 rings (SSSR count). The number of rotatable bonds is 3. The van der Waals surface area contributed by atoms with Gasteiger partial charge in [-0.3, -0.25) is 4.79 Å². The van der Waals surface area contributed by atoms with Crippen LogP contribution in [0.3, 0.4) is 0 Å². The summed E-state index contributed by atoms with van der Waals surface area (Å²) in [5.74, 6) is 0.983. The Kier molecular flexibility index (Phi) is 2.95. The number of aryl methyl sites for hydroxylation is 1. The third-order valence-corrected chi connectivity index (χ3v) is 5.13. The summed E-state index contributed by atoms with van der Waals surface area (Å²) < 4.78 is 0. The van der Waals surface area contributed by atoms with Crippen LogP contribution >= 0.6 is 11.3 Å². The van der Waals surface area contributed by atoms with Gasteiger partial charge in [0.05, 0.1) is 4.88 Å². The van der Waals surface area contributed by atoms with Crippen molar-refractivity contribution in [3.63, 3.8) is 0 Å². The Balaban J connectivity index is 1.74. The lowest BCUT2D eigenvalue weighted by Crippen LogP contribution is -2.24. The van der Waals surface area contributed by atoms with Gasteiger partial charge in [0.1, 0.15) is 0 Å². The van der Waals surface area contributed by atoms with Crippen LogP contribution in [0.2, 0.25) is 0 Å². The number of thiophene rings is 1. The first kappa shape index (κ1) is 11.3. The molecule has 2 nitrogen and oxygen atoms in total. The van der Waals surface area contributed by atoms with E-state index in [1.165, 1.54) is 36.1 Å². The zero-order valence-electron chi connectivity index (χ0n) is 10.3. The van der Waals surface area contributed by atoms with Crippen molar-refractivity contribution < 1.29 is 4.79 Å². The van der Waals surface area contributed by atoms with Crippen molar-refractivity contribution in [2.75, 3.05) is 0 Å². The van der Waals surface area contributed by atoms with E-state index in [4.69, 9.17) is 0 Å². The largest absolute Gasteiger partial charge is 0.349 e. The Morgan fingerprint density at radius 2 is 2.29 bits per heavy atom. The maximum Gasteiger partial charge on any atom is 0.261 e. The highest BCUT2D eigenvalue weighted by Crippen LogP contribution is 2.33. The lowest BCUT2D eigenvalue weighted by atomic mass is 9.87. The fourth-order valence-corrected chi connectivity index (χ4v) is 3.66. The molecular formula is C14H19NOS. The normalized spacial score (nSPS) is 23.2. The number of amides is 1. The molecule has 3 heteroatoms. The molecule has 1 aromatic heterocycles. The van der Waals surface area contributed by atoms with Gasteiger partial charge in [0, 0.05) is 10.9 Å². The minimum Gasteiger partial charge on any atom is -0.349 e. The van der Waals surface area contributed by atoms with Crippen LogP contribution in [0, 0.1) is 5.92 Å². The standard InChI is InChI=1S/C14H19NOS/c1-2-9-3-6-12-10(7-9)8-13(17-12)14(16)15-11-4-5-11/h8-9,11H,2-7H2,1H3,(H,15,16)/t9-/m1/s1. The van der Waals surface area contributed by atoms with Crippen LogP contribution in [0.1, 0.15) is 52.7 Å². The fraction of sp³-hybridized carbons (Fsp3) is 0.643. The van der Waals surface area contributed by atoms with E-state index in [0.717, 1.165) is 23.6 Å². The average Bonchev–Trinajstić information content (AvgIpc) is 3.04. The second-order valence-corrected chi connectivity index (χ2v) is 6.46. The van der Waals surface area contributed by atoms with Gasteiger partial charge in [0.15, 0.2) is 0 Å². The number of nitrogens with one attached hydrogen (secondary N) is 1. The summed E-state index contributed by atoms with van der Waals surface area (Å²) in [7, 11) is 0. The van der Waals surface area contributed by atoms with Crippen molar-refractivity contribution in [2.45, 2.75) is 51.5 Å². The SMILES string of the molecule is CC[C@@H]1CCc2sc(C(=O)NC3CC3)cc2C1. The monoisotopic (exact) mass is 249 g/mol. The minimum atomic E-state index is 0.153. The fourth-order valence-electron chi connectivity index (χ4n) is 2.54. The number of carbonyl (C=O) groups excluding carboxylic acids is 1. The molecule has 0 aromatic carbocycles. The predicted molar refractivity (Wildman–Crippen MR) is 70.6 cm³/mol. The lowest BCUT2D eigenvalue weighted by Gasteiger charge is -2.19. The van der Waals surface area contributed by atoms with Crippen molar-refractivity contribution in [3.05, 3.63) is 21.4 Å². The van der Waals surface area contributed by atoms with Gasteiger partial charge in [-0.1, -0.05) is 13.3 Å². The van der Waals surface area contributed by atoms with Crippen LogP contribution in [0.4, 0.5) is 0 Å². The van der Waals surface area contributed by atoms with Crippen LogP contribution in [0.15, 0.2) is 6.07 Å². The molecule has 0 aliphatic heterocycles. The molecule has 1 N–H and O–H groups in total. The molecule has 1 saturated carbocycles. The number of hydrogen-bond acceptors (Lipinski definition) is 2. The van der Waals surface area contributed by atoms with Crippen LogP contribution in [-0.4, -0.2) is 11.9 Å². The molecule has 0 spiro atoms. The van der Waals surface area contributed by atoms with Crippen molar-refractivity contribution in [1.82, 2.24) is 5.32 Å². The minimum absolute atomic E-state index is 0.153. The summed E-state index contributed by atoms with van der Waals surface area (Å²) in [5, 5.41) is 3.08. The molecule has 2 aliphatic rings. The van der Waals surface area contributed by atoms with Gasteiger partial charge in [-0.05, 0) is 49.7 Å². The summed E-state index contributed by atoms with van der Waals surface area (Å²) >= 11 is 1.71. The molecule has 1 amide bonds. The summed E-state index contributed by atoms with van der Waals surface area (Å²) in [6.45, 7) is 2.27. The van der Waals surface area contributed by atoms with Crippen LogP contribution in [0.25, 0.3) is 0 Å². The predicted octanol–water partition coefficient (Wildman–Crippen LogP) is 3.16. The quantitative estimate of drug-likeness (QED) is 0.876. The van der Waals surface area contributed by atoms with Crippen molar-refractivity contribution >= 4 is 17.2 Å². The van der Waals surface area contributed by atoms with E-state index >= 15 is 0 Å². The van der Waals surface area contributed by atoms with E-state index in [1.807, 2.05) is 0 Å². The highest BCUT2D eigenvalue weighted by molar-refractivity contribution is 7.14. The lowest BCUT2D eigenvalue weighted by molar-refractivity contribution is 0.0955. The van der Waals surface area contributed by atoms with E-state index in [0.29, 0.717) is 6.04 Å². The average molecular weight is 249 g/mol. The van der Waals surface area contributed by atoms with E-state index in [1.54, 1.807) is 11.3 Å². The third-order valence-electron chi connectivity index (χ3n) is 3.90. The van der Waals surface area contributed by atoms with Crippen LogP contribution in [-0.2, 0) is 12.8 Å². The first-order valence-electron chi connectivity index (χ1n) is 6.68. The summed E-state index contributed by atoms with van der Waals surface area (Å²) in [6, 6.07) is 2.60. The smallest absolute Gasteiger partial charge is 0.261 e. The molecule has 0 radical (unpaired) electrons. The molecule has 0 saturated heterocycles. The Hall–Kier alpha value is -0.830. The summed E-state index contributed by atoms with van der Waals surface area (Å²) in [4.78, 5) is 14.3. The summed E-state index contributed by atoms with van der Waals surface area (Å²) in [6.07, 6.45) is 7.24.